The molecule has 88 valence electrons. The summed E-state index contributed by atoms with van der Waals surface area (Å²) in [7, 11) is 0. The Balaban J connectivity index is 3.53. The van der Waals surface area contributed by atoms with Gasteiger partial charge in [-0.25, -0.2) is 0 Å². The highest BCUT2D eigenvalue weighted by atomic mass is 32.2. The molecule has 0 aliphatic carbocycles. The van der Waals surface area contributed by atoms with Gasteiger partial charge in [-0.15, -0.1) is 0 Å². The van der Waals surface area contributed by atoms with Crippen LogP contribution in [0.4, 0.5) is 0 Å². The Morgan fingerprint density at radius 1 is 1.33 bits per heavy atom. The lowest BCUT2D eigenvalue weighted by molar-refractivity contribution is -0.145. The molecule has 0 N–H and O–H groups in total. The molecule has 3 nitrogen and oxygen atoms in total. The number of carbonyl (C=O) groups excluding carboxylic acids is 2. The highest BCUT2D eigenvalue weighted by Gasteiger charge is 2.10. The molecule has 0 fully saturated rings. The lowest BCUT2D eigenvalue weighted by atomic mass is 10.2. The van der Waals surface area contributed by atoms with E-state index in [1.165, 1.54) is 0 Å². The molecule has 0 rings (SSSR count). The average Bonchev–Trinajstić information content (AvgIpc) is 2.17. The summed E-state index contributed by atoms with van der Waals surface area (Å²) in [6, 6.07) is 0. The number of hydrogen-bond donors (Lipinski definition) is 0. The zero-order valence-electron chi connectivity index (χ0n) is 9.75. The zero-order chi connectivity index (χ0) is 11.7. The third-order valence-electron chi connectivity index (χ3n) is 2.01. The smallest absolute Gasteiger partial charge is 0.313 e. The predicted molar refractivity (Wildman–Crippen MR) is 63.0 cm³/mol. The van der Waals surface area contributed by atoms with Crippen LogP contribution in [0.15, 0.2) is 0 Å². The fourth-order valence-electron chi connectivity index (χ4n) is 0.916. The van der Waals surface area contributed by atoms with Crippen LogP contribution in [-0.4, -0.2) is 29.9 Å². The van der Waals surface area contributed by atoms with Crippen LogP contribution in [0.2, 0.25) is 0 Å². The Labute approximate surface area is 95.9 Å². The summed E-state index contributed by atoms with van der Waals surface area (Å²) in [5.41, 5.74) is 0. The second-order valence-corrected chi connectivity index (χ2v) is 4.58. The van der Waals surface area contributed by atoms with E-state index in [1.807, 2.05) is 0 Å². The maximum Gasteiger partial charge on any atom is 0.313 e. The second kappa shape index (κ2) is 8.77. The first-order chi connectivity index (χ1) is 7.10. The fraction of sp³-hybridized carbons (Fsp3) is 0.818. The van der Waals surface area contributed by atoms with E-state index in [4.69, 9.17) is 4.74 Å². The molecule has 0 heterocycles. The average molecular weight is 232 g/mol. The van der Waals surface area contributed by atoms with Crippen molar-refractivity contribution in [2.45, 2.75) is 33.6 Å². The molecule has 0 aromatic carbocycles. The quantitative estimate of drug-likeness (QED) is 0.476. The molecule has 0 amide bonds. The van der Waals surface area contributed by atoms with E-state index < -0.39 is 5.97 Å². The van der Waals surface area contributed by atoms with E-state index in [1.54, 1.807) is 18.7 Å². The number of carbonyl (C=O) groups is 2. The fourth-order valence-corrected chi connectivity index (χ4v) is 2.00. The van der Waals surface area contributed by atoms with Gasteiger partial charge < -0.3 is 4.74 Å². The minimum absolute atomic E-state index is 0.0400. The third kappa shape index (κ3) is 8.48. The molecule has 0 bridgehead atoms. The minimum atomic E-state index is -0.411. The van der Waals surface area contributed by atoms with Crippen LogP contribution in [0.1, 0.15) is 33.6 Å². The van der Waals surface area contributed by atoms with Gasteiger partial charge in [-0.1, -0.05) is 20.3 Å². The largest absolute Gasteiger partial charge is 0.466 e. The summed E-state index contributed by atoms with van der Waals surface area (Å²) in [4.78, 5) is 22.2. The van der Waals surface area contributed by atoms with Crippen LogP contribution in [0, 0.1) is 5.92 Å². The van der Waals surface area contributed by atoms with Gasteiger partial charge in [0.2, 0.25) is 0 Å². The molecule has 15 heavy (non-hydrogen) atoms. The van der Waals surface area contributed by atoms with Gasteiger partial charge in [-0.2, -0.15) is 11.8 Å². The molecule has 1 atom stereocenters. The molecule has 0 radical (unpaired) electrons. The van der Waals surface area contributed by atoms with Crippen molar-refractivity contribution in [3.63, 3.8) is 0 Å². The first kappa shape index (κ1) is 14.5. The van der Waals surface area contributed by atoms with Gasteiger partial charge >= 0.3 is 5.97 Å². The van der Waals surface area contributed by atoms with Gasteiger partial charge in [-0.3, -0.25) is 9.59 Å². The summed E-state index contributed by atoms with van der Waals surface area (Å²) in [6.07, 6.45) is 1.04. The Bertz CT molecular complexity index is 204. The Morgan fingerprint density at radius 2 is 2.00 bits per heavy atom. The molecule has 0 saturated heterocycles. The molecular formula is C11H20O3S. The van der Waals surface area contributed by atoms with Crippen LogP contribution < -0.4 is 0 Å². The normalized spacial score (nSPS) is 12.2. The van der Waals surface area contributed by atoms with Gasteiger partial charge in [0.15, 0.2) is 5.78 Å². The molecular weight excluding hydrogens is 212 g/mol. The van der Waals surface area contributed by atoms with Gasteiger partial charge in [0.25, 0.3) is 0 Å². The van der Waals surface area contributed by atoms with Crippen molar-refractivity contribution in [2.24, 2.45) is 5.92 Å². The van der Waals surface area contributed by atoms with Crippen LogP contribution in [0.5, 0.6) is 0 Å². The van der Waals surface area contributed by atoms with Crippen molar-refractivity contribution >= 4 is 23.5 Å². The zero-order valence-corrected chi connectivity index (χ0v) is 10.6. The van der Waals surface area contributed by atoms with Crippen molar-refractivity contribution in [3.05, 3.63) is 0 Å². The van der Waals surface area contributed by atoms with Crippen molar-refractivity contribution < 1.29 is 14.3 Å². The van der Waals surface area contributed by atoms with Crippen molar-refractivity contribution in [1.82, 2.24) is 0 Å². The van der Waals surface area contributed by atoms with E-state index >= 15 is 0 Å². The summed E-state index contributed by atoms with van der Waals surface area (Å²) in [5, 5.41) is 0. The maximum absolute atomic E-state index is 11.3. The Morgan fingerprint density at radius 3 is 2.53 bits per heavy atom. The van der Waals surface area contributed by atoms with Crippen molar-refractivity contribution in [1.29, 1.82) is 0 Å². The molecule has 0 aliphatic rings. The first-order valence-corrected chi connectivity index (χ1v) is 6.50. The van der Waals surface area contributed by atoms with Crippen LogP contribution in [0.3, 0.4) is 0 Å². The summed E-state index contributed by atoms with van der Waals surface area (Å²) in [5.74, 6) is 1.58. The molecule has 0 spiro atoms. The highest BCUT2D eigenvalue weighted by molar-refractivity contribution is 7.99. The molecule has 0 aromatic heterocycles. The van der Waals surface area contributed by atoms with Gasteiger partial charge in [0.05, 0.1) is 12.4 Å². The van der Waals surface area contributed by atoms with E-state index in [-0.39, 0.29) is 12.2 Å². The predicted octanol–water partition coefficient (Wildman–Crippen LogP) is 2.29. The lowest BCUT2D eigenvalue weighted by Gasteiger charge is -2.06. The van der Waals surface area contributed by atoms with E-state index in [2.05, 4.69) is 13.8 Å². The standard InChI is InChI=1S/C11H20O3S/c1-4-9(3)7-15-8-10(12)6-11(13)14-5-2/h9H,4-8H2,1-3H3. The number of rotatable bonds is 8. The number of thioether (sulfide) groups is 1. The Hall–Kier alpha value is -0.510. The first-order valence-electron chi connectivity index (χ1n) is 5.35. The number of ether oxygens (including phenoxy) is 1. The van der Waals surface area contributed by atoms with Gasteiger partial charge in [0, 0.05) is 0 Å². The molecule has 0 aromatic rings. The van der Waals surface area contributed by atoms with Gasteiger partial charge in [0.1, 0.15) is 6.42 Å². The van der Waals surface area contributed by atoms with Crippen molar-refractivity contribution in [2.75, 3.05) is 18.1 Å². The Kier molecular flexibility index (Phi) is 8.47. The monoisotopic (exact) mass is 232 g/mol. The number of ketones is 1. The topological polar surface area (TPSA) is 43.4 Å². The molecule has 4 heteroatoms. The lowest BCUT2D eigenvalue weighted by Crippen LogP contribution is -2.13. The van der Waals surface area contributed by atoms with E-state index in [0.29, 0.717) is 18.3 Å². The van der Waals surface area contributed by atoms with E-state index in [0.717, 1.165) is 12.2 Å². The summed E-state index contributed by atoms with van der Waals surface area (Å²) < 4.78 is 4.69. The molecule has 1 unspecified atom stereocenters. The van der Waals surface area contributed by atoms with E-state index in [9.17, 15) is 9.59 Å². The second-order valence-electron chi connectivity index (χ2n) is 3.55. The third-order valence-corrected chi connectivity index (χ3v) is 3.34. The van der Waals surface area contributed by atoms with Gasteiger partial charge in [-0.05, 0) is 18.6 Å². The van der Waals surface area contributed by atoms with Crippen LogP contribution in [0.25, 0.3) is 0 Å². The summed E-state index contributed by atoms with van der Waals surface area (Å²) >= 11 is 1.60. The van der Waals surface area contributed by atoms with Crippen LogP contribution >= 0.6 is 11.8 Å². The molecule has 0 aliphatic heterocycles. The highest BCUT2D eigenvalue weighted by Crippen LogP contribution is 2.11. The number of hydrogen-bond acceptors (Lipinski definition) is 4. The number of Topliss-reactive ketones (excluding diaryl/α,β-unsaturated/α-hetero) is 1. The maximum atomic E-state index is 11.3. The van der Waals surface area contributed by atoms with Crippen LogP contribution in [-0.2, 0) is 14.3 Å². The minimum Gasteiger partial charge on any atom is -0.466 e. The summed E-state index contributed by atoms with van der Waals surface area (Å²) in [6.45, 7) is 6.36. The van der Waals surface area contributed by atoms with Crippen molar-refractivity contribution in [3.8, 4) is 0 Å². The number of esters is 1. The molecule has 0 saturated carbocycles. The SMILES string of the molecule is CCOC(=O)CC(=O)CSCC(C)CC.